The van der Waals surface area contributed by atoms with Gasteiger partial charge in [0.15, 0.2) is 11.5 Å². The molecule has 1 heterocycles. The van der Waals surface area contributed by atoms with Crippen molar-refractivity contribution in [2.75, 3.05) is 18.7 Å². The van der Waals surface area contributed by atoms with E-state index in [2.05, 4.69) is 16.7 Å². The predicted octanol–water partition coefficient (Wildman–Crippen LogP) is 2.76. The van der Waals surface area contributed by atoms with Crippen LogP contribution < -0.4 is 20.1 Å². The highest BCUT2D eigenvalue weighted by Crippen LogP contribution is 2.32. The minimum absolute atomic E-state index is 0.0522. The third-order valence-electron chi connectivity index (χ3n) is 3.76. The lowest BCUT2D eigenvalue weighted by atomic mass is 10.1. The molecule has 2 aromatic rings. The number of benzene rings is 2. The Morgan fingerprint density at radius 3 is 2.78 bits per heavy atom. The first-order chi connectivity index (χ1) is 11.1. The smallest absolute Gasteiger partial charge is 0.239 e. The average molecular weight is 312 g/mol. The Labute approximate surface area is 135 Å². The molecular formula is C18H20N2O3. The summed E-state index contributed by atoms with van der Waals surface area (Å²) in [5.74, 6) is 1.42. The lowest BCUT2D eigenvalue weighted by Crippen LogP contribution is -2.29. The van der Waals surface area contributed by atoms with E-state index in [9.17, 15) is 4.79 Å². The number of aryl methyl sites for hydroxylation is 2. The monoisotopic (exact) mass is 312 g/mol. The van der Waals surface area contributed by atoms with Gasteiger partial charge in [-0.05, 0) is 48.7 Å². The average Bonchev–Trinajstić information content (AvgIpc) is 3.01. The van der Waals surface area contributed by atoms with Crippen molar-refractivity contribution in [1.82, 2.24) is 5.32 Å². The van der Waals surface area contributed by atoms with Crippen LogP contribution in [-0.2, 0) is 11.3 Å². The summed E-state index contributed by atoms with van der Waals surface area (Å²) in [5, 5.41) is 6.07. The highest BCUT2D eigenvalue weighted by Gasteiger charge is 2.13. The van der Waals surface area contributed by atoms with Gasteiger partial charge < -0.3 is 20.1 Å². The lowest BCUT2D eigenvalue weighted by Gasteiger charge is -2.11. The maximum Gasteiger partial charge on any atom is 0.239 e. The van der Waals surface area contributed by atoms with E-state index in [4.69, 9.17) is 9.47 Å². The number of ether oxygens (including phenoxy) is 2. The SMILES string of the molecule is Cc1ccc(C)c(NCC(=O)NCc2ccc3c(c2)OCO3)c1. The fourth-order valence-corrected chi connectivity index (χ4v) is 2.42. The number of anilines is 1. The number of amides is 1. The maximum atomic E-state index is 12.0. The molecule has 3 rings (SSSR count). The summed E-state index contributed by atoms with van der Waals surface area (Å²) < 4.78 is 10.6. The Bertz CT molecular complexity index is 728. The van der Waals surface area contributed by atoms with E-state index in [1.54, 1.807) is 0 Å². The zero-order valence-corrected chi connectivity index (χ0v) is 13.3. The first-order valence-electron chi connectivity index (χ1n) is 7.58. The molecule has 0 aromatic heterocycles. The highest BCUT2D eigenvalue weighted by molar-refractivity contribution is 5.81. The lowest BCUT2D eigenvalue weighted by molar-refractivity contribution is -0.119. The molecule has 0 bridgehead atoms. The van der Waals surface area contributed by atoms with Crippen molar-refractivity contribution in [1.29, 1.82) is 0 Å². The molecule has 0 radical (unpaired) electrons. The second kappa shape index (κ2) is 6.60. The molecule has 1 aliphatic rings. The van der Waals surface area contributed by atoms with Crippen LogP contribution in [0.3, 0.4) is 0 Å². The molecule has 2 N–H and O–H groups in total. The quantitative estimate of drug-likeness (QED) is 0.891. The van der Waals surface area contributed by atoms with Crippen molar-refractivity contribution in [3.63, 3.8) is 0 Å². The van der Waals surface area contributed by atoms with Gasteiger partial charge in [-0.2, -0.15) is 0 Å². The van der Waals surface area contributed by atoms with Crippen molar-refractivity contribution in [2.45, 2.75) is 20.4 Å². The van der Waals surface area contributed by atoms with E-state index in [0.717, 1.165) is 28.3 Å². The molecule has 5 nitrogen and oxygen atoms in total. The van der Waals surface area contributed by atoms with Gasteiger partial charge in [0.1, 0.15) is 0 Å². The topological polar surface area (TPSA) is 59.6 Å². The van der Waals surface area contributed by atoms with E-state index < -0.39 is 0 Å². The molecule has 23 heavy (non-hydrogen) atoms. The number of fused-ring (bicyclic) bond motifs is 1. The minimum atomic E-state index is -0.0522. The summed E-state index contributed by atoms with van der Waals surface area (Å²) in [6.45, 7) is 5.01. The molecule has 0 unspecified atom stereocenters. The summed E-state index contributed by atoms with van der Waals surface area (Å²) in [4.78, 5) is 12.0. The standard InChI is InChI=1S/C18H20N2O3/c1-12-3-4-13(2)15(7-12)19-10-18(21)20-9-14-5-6-16-17(8-14)23-11-22-16/h3-8,19H,9-11H2,1-2H3,(H,20,21). The van der Waals surface area contributed by atoms with Crippen molar-refractivity contribution < 1.29 is 14.3 Å². The van der Waals surface area contributed by atoms with Crippen LogP contribution in [0, 0.1) is 13.8 Å². The molecule has 5 heteroatoms. The largest absolute Gasteiger partial charge is 0.454 e. The first kappa shape index (κ1) is 15.2. The fraction of sp³-hybridized carbons (Fsp3) is 0.278. The van der Waals surface area contributed by atoms with Crippen LogP contribution in [0.5, 0.6) is 11.5 Å². The number of carbonyl (C=O) groups excluding carboxylic acids is 1. The number of hydrogen-bond acceptors (Lipinski definition) is 4. The zero-order chi connectivity index (χ0) is 16.2. The van der Waals surface area contributed by atoms with Gasteiger partial charge in [-0.25, -0.2) is 0 Å². The summed E-state index contributed by atoms with van der Waals surface area (Å²) in [6.07, 6.45) is 0. The predicted molar refractivity (Wildman–Crippen MR) is 88.8 cm³/mol. The van der Waals surface area contributed by atoms with Crippen molar-refractivity contribution in [2.24, 2.45) is 0 Å². The Balaban J connectivity index is 1.51. The van der Waals surface area contributed by atoms with Crippen molar-refractivity contribution >= 4 is 11.6 Å². The van der Waals surface area contributed by atoms with Crippen LogP contribution in [0.2, 0.25) is 0 Å². The van der Waals surface area contributed by atoms with Crippen molar-refractivity contribution in [3.8, 4) is 11.5 Å². The summed E-state index contributed by atoms with van der Waals surface area (Å²) >= 11 is 0. The minimum Gasteiger partial charge on any atom is -0.454 e. The maximum absolute atomic E-state index is 12.0. The van der Waals surface area contributed by atoms with Crippen LogP contribution in [0.15, 0.2) is 36.4 Å². The van der Waals surface area contributed by atoms with Crippen LogP contribution in [0.4, 0.5) is 5.69 Å². The number of hydrogen-bond donors (Lipinski definition) is 2. The van der Waals surface area contributed by atoms with Crippen LogP contribution in [0.25, 0.3) is 0 Å². The normalized spacial score (nSPS) is 12.1. The Morgan fingerprint density at radius 1 is 1.09 bits per heavy atom. The number of rotatable bonds is 5. The van der Waals surface area contributed by atoms with Crippen LogP contribution in [0.1, 0.15) is 16.7 Å². The highest BCUT2D eigenvalue weighted by atomic mass is 16.7. The molecule has 0 spiro atoms. The summed E-state index contributed by atoms with van der Waals surface area (Å²) in [6, 6.07) is 11.8. The van der Waals surface area contributed by atoms with E-state index in [1.165, 1.54) is 5.56 Å². The third kappa shape index (κ3) is 3.74. The second-order valence-electron chi connectivity index (χ2n) is 5.64. The Kier molecular flexibility index (Phi) is 4.37. The number of carbonyl (C=O) groups is 1. The van der Waals surface area contributed by atoms with Crippen molar-refractivity contribution in [3.05, 3.63) is 53.1 Å². The van der Waals surface area contributed by atoms with Crippen LogP contribution >= 0.6 is 0 Å². The Hall–Kier alpha value is -2.69. The molecular weight excluding hydrogens is 292 g/mol. The van der Waals surface area contributed by atoms with Gasteiger partial charge >= 0.3 is 0 Å². The van der Waals surface area contributed by atoms with Gasteiger partial charge in [0.05, 0.1) is 6.54 Å². The van der Waals surface area contributed by atoms with E-state index in [-0.39, 0.29) is 19.2 Å². The molecule has 0 fully saturated rings. The molecule has 1 aliphatic heterocycles. The second-order valence-corrected chi connectivity index (χ2v) is 5.64. The zero-order valence-electron chi connectivity index (χ0n) is 13.3. The molecule has 0 saturated carbocycles. The molecule has 2 aromatic carbocycles. The van der Waals surface area contributed by atoms with Crippen LogP contribution in [-0.4, -0.2) is 19.2 Å². The summed E-state index contributed by atoms with van der Waals surface area (Å²) in [5.41, 5.74) is 4.26. The summed E-state index contributed by atoms with van der Waals surface area (Å²) in [7, 11) is 0. The van der Waals surface area contributed by atoms with Gasteiger partial charge in [-0.3, -0.25) is 4.79 Å². The van der Waals surface area contributed by atoms with E-state index in [0.29, 0.717) is 6.54 Å². The molecule has 1 amide bonds. The third-order valence-corrected chi connectivity index (χ3v) is 3.76. The molecule has 0 aliphatic carbocycles. The molecule has 0 atom stereocenters. The van der Waals surface area contributed by atoms with E-state index in [1.807, 2.05) is 44.2 Å². The van der Waals surface area contributed by atoms with E-state index >= 15 is 0 Å². The fourth-order valence-electron chi connectivity index (χ4n) is 2.42. The first-order valence-corrected chi connectivity index (χ1v) is 7.58. The van der Waals surface area contributed by atoms with Gasteiger partial charge in [0, 0.05) is 12.2 Å². The molecule has 120 valence electrons. The van der Waals surface area contributed by atoms with Gasteiger partial charge in [-0.1, -0.05) is 18.2 Å². The van der Waals surface area contributed by atoms with Gasteiger partial charge in [0.25, 0.3) is 0 Å². The van der Waals surface area contributed by atoms with Gasteiger partial charge in [0.2, 0.25) is 12.7 Å². The molecule has 0 saturated heterocycles. The Morgan fingerprint density at radius 2 is 1.91 bits per heavy atom. The number of nitrogens with one attached hydrogen (secondary N) is 2. The van der Waals surface area contributed by atoms with Gasteiger partial charge in [-0.15, -0.1) is 0 Å².